The number of likely N-dealkylation sites (tertiary alicyclic amines) is 1. The molecule has 4 rings (SSSR count). The fourth-order valence-corrected chi connectivity index (χ4v) is 5.39. The quantitative estimate of drug-likeness (QED) is 0.744. The maximum absolute atomic E-state index is 13.0. The molecule has 28 heavy (non-hydrogen) atoms. The lowest BCUT2D eigenvalue weighted by Gasteiger charge is -2.52. The van der Waals surface area contributed by atoms with Crippen molar-refractivity contribution in [2.45, 2.75) is 58.7 Å². The second kappa shape index (κ2) is 8.23. The molecule has 0 N–H and O–H groups in total. The molecule has 2 bridgehead atoms. The minimum atomic E-state index is 0.197. The zero-order valence-corrected chi connectivity index (χ0v) is 17.2. The molecule has 3 fully saturated rings. The molecule has 4 heterocycles. The molecule has 2 unspecified atom stereocenters. The Hall–Kier alpha value is -1.89. The van der Waals surface area contributed by atoms with Crippen molar-refractivity contribution in [3.8, 4) is 0 Å². The zero-order chi connectivity index (χ0) is 19.7. The number of piperidine rings is 3. The average molecular weight is 388 g/mol. The van der Waals surface area contributed by atoms with Crippen molar-refractivity contribution in [1.82, 2.24) is 24.5 Å². The van der Waals surface area contributed by atoms with Gasteiger partial charge in [0.15, 0.2) is 0 Å². The molecular weight excluding hydrogens is 354 g/mol. The number of likely N-dealkylation sites (N-methyl/N-ethyl adjacent to an activating group) is 1. The van der Waals surface area contributed by atoms with Crippen LogP contribution in [0.3, 0.4) is 0 Å². The lowest BCUT2D eigenvalue weighted by Crippen LogP contribution is -2.61. The number of hydrogen-bond acceptors (Lipinski definition) is 4. The van der Waals surface area contributed by atoms with Gasteiger partial charge in [0, 0.05) is 63.5 Å². The Morgan fingerprint density at radius 2 is 2.14 bits per heavy atom. The summed E-state index contributed by atoms with van der Waals surface area (Å²) < 4.78 is 1.90. The number of carbonyl (C=O) groups is 2. The molecule has 154 valence electrons. The number of aromatic nitrogens is 2. The molecule has 7 heteroatoms. The van der Waals surface area contributed by atoms with Crippen LogP contribution < -0.4 is 0 Å². The Kier molecular flexibility index (Phi) is 5.71. The highest BCUT2D eigenvalue weighted by Crippen LogP contribution is 2.37. The van der Waals surface area contributed by atoms with Crippen LogP contribution in [0.4, 0.5) is 0 Å². The molecular formula is C21H33N5O2. The zero-order valence-electron chi connectivity index (χ0n) is 17.2. The highest BCUT2D eigenvalue weighted by atomic mass is 16.2. The molecule has 0 saturated carbocycles. The first-order valence-electron chi connectivity index (χ1n) is 10.9. The first-order valence-corrected chi connectivity index (χ1v) is 10.9. The number of amides is 2. The first kappa shape index (κ1) is 19.4. The summed E-state index contributed by atoms with van der Waals surface area (Å²) in [5.41, 5.74) is 1.09. The number of carbonyl (C=O) groups excluding carboxylic acids is 2. The van der Waals surface area contributed by atoms with Crippen LogP contribution in [0.2, 0.25) is 0 Å². The fraction of sp³-hybridized carbons (Fsp3) is 0.762. The van der Waals surface area contributed by atoms with Gasteiger partial charge in [-0.15, -0.1) is 0 Å². The molecule has 1 aromatic rings. The van der Waals surface area contributed by atoms with Crippen LogP contribution in [0.1, 0.15) is 45.1 Å². The van der Waals surface area contributed by atoms with E-state index in [0.717, 1.165) is 51.0 Å². The average Bonchev–Trinajstić information content (AvgIpc) is 3.14. The number of fused-ring (bicyclic) bond motifs is 4. The van der Waals surface area contributed by atoms with Gasteiger partial charge in [-0.05, 0) is 44.9 Å². The molecule has 0 aromatic carbocycles. The van der Waals surface area contributed by atoms with Gasteiger partial charge in [-0.3, -0.25) is 19.2 Å². The van der Waals surface area contributed by atoms with Crippen molar-refractivity contribution < 1.29 is 9.59 Å². The van der Waals surface area contributed by atoms with E-state index in [2.05, 4.69) is 21.8 Å². The van der Waals surface area contributed by atoms with Gasteiger partial charge in [-0.1, -0.05) is 0 Å². The Morgan fingerprint density at radius 3 is 2.89 bits per heavy atom. The van der Waals surface area contributed by atoms with Gasteiger partial charge >= 0.3 is 0 Å². The predicted octanol–water partition coefficient (Wildman–Crippen LogP) is 1.58. The summed E-state index contributed by atoms with van der Waals surface area (Å²) in [6.45, 7) is 9.54. The van der Waals surface area contributed by atoms with Crippen LogP contribution in [0.5, 0.6) is 0 Å². The van der Waals surface area contributed by atoms with Crippen molar-refractivity contribution in [2.75, 3.05) is 32.7 Å². The Morgan fingerprint density at radius 1 is 1.29 bits per heavy atom. The van der Waals surface area contributed by atoms with Crippen LogP contribution >= 0.6 is 0 Å². The summed E-state index contributed by atoms with van der Waals surface area (Å²) in [4.78, 5) is 31.7. The number of nitrogens with zero attached hydrogens (tertiary/aromatic N) is 5. The molecule has 0 aliphatic carbocycles. The summed E-state index contributed by atoms with van der Waals surface area (Å²) >= 11 is 0. The van der Waals surface area contributed by atoms with Crippen LogP contribution in [-0.2, 0) is 22.7 Å². The second-order valence-electron chi connectivity index (χ2n) is 8.67. The molecule has 3 aliphatic heterocycles. The Labute approximate surface area is 167 Å². The summed E-state index contributed by atoms with van der Waals surface area (Å²) in [5.74, 6) is 1.59. The molecule has 3 aliphatic rings. The topological polar surface area (TPSA) is 61.7 Å². The van der Waals surface area contributed by atoms with Crippen molar-refractivity contribution in [1.29, 1.82) is 0 Å². The fourth-order valence-electron chi connectivity index (χ4n) is 5.39. The maximum atomic E-state index is 13.0. The van der Waals surface area contributed by atoms with E-state index in [0.29, 0.717) is 43.4 Å². The third kappa shape index (κ3) is 3.95. The first-order chi connectivity index (χ1) is 13.6. The second-order valence-corrected chi connectivity index (χ2v) is 8.67. The van der Waals surface area contributed by atoms with Gasteiger partial charge in [-0.2, -0.15) is 5.10 Å². The van der Waals surface area contributed by atoms with E-state index in [1.54, 1.807) is 0 Å². The summed E-state index contributed by atoms with van der Waals surface area (Å²) in [5, 5.41) is 4.32. The molecule has 3 atom stereocenters. The lowest BCUT2D eigenvalue weighted by atomic mass is 9.76. The van der Waals surface area contributed by atoms with E-state index in [1.165, 1.54) is 6.42 Å². The summed E-state index contributed by atoms with van der Waals surface area (Å²) in [7, 11) is 0. The third-order valence-corrected chi connectivity index (χ3v) is 6.73. The van der Waals surface area contributed by atoms with E-state index in [4.69, 9.17) is 0 Å². The van der Waals surface area contributed by atoms with Crippen LogP contribution in [-0.4, -0.2) is 75.1 Å². The van der Waals surface area contributed by atoms with Crippen molar-refractivity contribution in [2.24, 2.45) is 11.8 Å². The monoisotopic (exact) mass is 387 g/mol. The van der Waals surface area contributed by atoms with Gasteiger partial charge in [-0.25, -0.2) is 0 Å². The SMILES string of the molecule is CCN(Cc1cnn(CC)c1)C(=O)CN1CC2CC(C1)[C@H]1CCCC(=O)N1C2. The molecule has 2 amide bonds. The standard InChI is InChI=1S/C21H33N5O2/c1-3-24(11-17-9-22-25(4-2)12-17)21(28)15-23-10-16-8-18(14-23)19-6-5-7-20(27)26(19)13-16/h9,12,16,18-19H,3-8,10-11,13-15H2,1-2H3/t16?,18?,19-/m1/s1. The highest BCUT2D eigenvalue weighted by Gasteiger charge is 2.44. The van der Waals surface area contributed by atoms with Crippen LogP contribution in [0.25, 0.3) is 0 Å². The number of aryl methyl sites for hydroxylation is 1. The number of hydrogen-bond donors (Lipinski definition) is 0. The van der Waals surface area contributed by atoms with Gasteiger partial charge in [0.2, 0.25) is 11.8 Å². The van der Waals surface area contributed by atoms with Crippen LogP contribution in [0.15, 0.2) is 12.4 Å². The normalized spacial score (nSPS) is 27.6. The van der Waals surface area contributed by atoms with Crippen molar-refractivity contribution in [3.63, 3.8) is 0 Å². The van der Waals surface area contributed by atoms with Crippen molar-refractivity contribution in [3.05, 3.63) is 18.0 Å². The van der Waals surface area contributed by atoms with Gasteiger partial charge < -0.3 is 9.80 Å². The molecule has 0 spiro atoms. The van der Waals surface area contributed by atoms with E-state index in [1.807, 2.05) is 28.9 Å². The van der Waals surface area contributed by atoms with Crippen LogP contribution in [0, 0.1) is 11.8 Å². The van der Waals surface area contributed by atoms with Gasteiger partial charge in [0.1, 0.15) is 0 Å². The molecule has 7 nitrogen and oxygen atoms in total. The molecule has 3 saturated heterocycles. The van der Waals surface area contributed by atoms with Crippen molar-refractivity contribution >= 4 is 11.8 Å². The van der Waals surface area contributed by atoms with Gasteiger partial charge in [0.05, 0.1) is 12.7 Å². The van der Waals surface area contributed by atoms with E-state index in [9.17, 15) is 9.59 Å². The Bertz CT molecular complexity index is 717. The minimum absolute atomic E-state index is 0.197. The largest absolute Gasteiger partial charge is 0.339 e. The summed E-state index contributed by atoms with van der Waals surface area (Å²) in [6, 6.07) is 0.401. The molecule has 0 radical (unpaired) electrons. The summed E-state index contributed by atoms with van der Waals surface area (Å²) in [6.07, 6.45) is 7.98. The van der Waals surface area contributed by atoms with E-state index < -0.39 is 0 Å². The van der Waals surface area contributed by atoms with E-state index >= 15 is 0 Å². The predicted molar refractivity (Wildman–Crippen MR) is 106 cm³/mol. The molecule has 1 aromatic heterocycles. The Balaban J connectivity index is 1.36. The lowest BCUT2D eigenvalue weighted by molar-refractivity contribution is -0.146. The number of rotatable bonds is 6. The van der Waals surface area contributed by atoms with Gasteiger partial charge in [0.25, 0.3) is 0 Å². The third-order valence-electron chi connectivity index (χ3n) is 6.73. The van der Waals surface area contributed by atoms with E-state index in [-0.39, 0.29) is 5.91 Å². The minimum Gasteiger partial charge on any atom is -0.339 e. The smallest absolute Gasteiger partial charge is 0.237 e. The maximum Gasteiger partial charge on any atom is 0.237 e. The highest BCUT2D eigenvalue weighted by molar-refractivity contribution is 5.78.